The number of ketones is 1. The van der Waals surface area contributed by atoms with Gasteiger partial charge in [-0.05, 0) is 41.7 Å². The maximum Gasteiger partial charge on any atom is 0.172 e. The molecule has 0 bridgehead atoms. The Balaban J connectivity index is 2.01. The number of thioether (sulfide) groups is 1. The Hall–Kier alpha value is -0.280. The van der Waals surface area contributed by atoms with Crippen molar-refractivity contribution in [2.45, 2.75) is 33.1 Å². The number of carbonyl (C=O) groups is 1. The molecule has 90 valence electrons. The molecule has 0 saturated heterocycles. The first kappa shape index (κ1) is 13.8. The lowest BCUT2D eigenvalue weighted by Crippen LogP contribution is -1.97. The van der Waals surface area contributed by atoms with Gasteiger partial charge in [0.25, 0.3) is 0 Å². The number of hydrogen-bond acceptors (Lipinski definition) is 3. The van der Waals surface area contributed by atoms with Crippen molar-refractivity contribution in [3.63, 3.8) is 0 Å². The maximum atomic E-state index is 11.6. The van der Waals surface area contributed by atoms with E-state index in [1.807, 2.05) is 29.3 Å². The van der Waals surface area contributed by atoms with Crippen LogP contribution in [0.2, 0.25) is 0 Å². The summed E-state index contributed by atoms with van der Waals surface area (Å²) in [5.74, 6) is 3.44. The number of carbonyl (C=O) groups excluding carboxylic acids is 1. The quantitative estimate of drug-likeness (QED) is 0.503. The molecule has 0 saturated carbocycles. The topological polar surface area (TPSA) is 17.1 Å². The lowest BCUT2D eigenvalue weighted by molar-refractivity contribution is 0.0986. The van der Waals surface area contributed by atoms with Gasteiger partial charge in [-0.3, -0.25) is 4.79 Å². The van der Waals surface area contributed by atoms with Crippen molar-refractivity contribution in [1.82, 2.24) is 0 Å². The van der Waals surface area contributed by atoms with E-state index in [0.717, 1.165) is 23.0 Å². The Labute approximate surface area is 107 Å². The van der Waals surface area contributed by atoms with Crippen LogP contribution in [0.4, 0.5) is 0 Å². The second-order valence-electron chi connectivity index (χ2n) is 4.30. The van der Waals surface area contributed by atoms with E-state index in [4.69, 9.17) is 0 Å². The van der Waals surface area contributed by atoms with E-state index in [-0.39, 0.29) is 0 Å². The van der Waals surface area contributed by atoms with Crippen molar-refractivity contribution in [3.8, 4) is 0 Å². The molecule has 0 fully saturated rings. The van der Waals surface area contributed by atoms with Crippen LogP contribution in [0.3, 0.4) is 0 Å². The molecule has 0 aliphatic heterocycles. The lowest BCUT2D eigenvalue weighted by atomic mass is 10.2. The molecule has 0 spiro atoms. The smallest absolute Gasteiger partial charge is 0.172 e. The average Bonchev–Trinajstić information content (AvgIpc) is 2.75. The summed E-state index contributed by atoms with van der Waals surface area (Å²) >= 11 is 3.52. The Morgan fingerprint density at radius 2 is 2.25 bits per heavy atom. The normalized spacial score (nSPS) is 10.9. The van der Waals surface area contributed by atoms with Crippen LogP contribution in [0.5, 0.6) is 0 Å². The molecule has 0 aromatic carbocycles. The summed E-state index contributed by atoms with van der Waals surface area (Å²) in [6, 6.07) is 3.86. The van der Waals surface area contributed by atoms with E-state index >= 15 is 0 Å². The van der Waals surface area contributed by atoms with Crippen LogP contribution in [0.25, 0.3) is 0 Å². The highest BCUT2D eigenvalue weighted by molar-refractivity contribution is 7.99. The zero-order valence-corrected chi connectivity index (χ0v) is 11.7. The molecular weight excluding hydrogens is 236 g/mol. The fraction of sp³-hybridized carbons (Fsp3) is 0.615. The Kier molecular flexibility index (Phi) is 6.81. The van der Waals surface area contributed by atoms with Crippen LogP contribution in [0.1, 0.15) is 42.8 Å². The van der Waals surface area contributed by atoms with Gasteiger partial charge in [-0.25, -0.2) is 0 Å². The second kappa shape index (κ2) is 7.91. The minimum Gasteiger partial charge on any atom is -0.293 e. The minimum atomic E-state index is 0.305. The van der Waals surface area contributed by atoms with Crippen molar-refractivity contribution >= 4 is 28.9 Å². The largest absolute Gasteiger partial charge is 0.293 e. The monoisotopic (exact) mass is 256 g/mol. The van der Waals surface area contributed by atoms with Gasteiger partial charge in [0.15, 0.2) is 5.78 Å². The second-order valence-corrected chi connectivity index (χ2v) is 6.47. The minimum absolute atomic E-state index is 0.305. The molecule has 3 heteroatoms. The van der Waals surface area contributed by atoms with E-state index < -0.39 is 0 Å². The van der Waals surface area contributed by atoms with Gasteiger partial charge in [-0.15, -0.1) is 11.3 Å². The SMILES string of the molecule is CC(C)CCSCCCC(=O)c1cccs1. The fourth-order valence-electron chi connectivity index (χ4n) is 1.32. The summed E-state index contributed by atoms with van der Waals surface area (Å²) in [6.45, 7) is 4.50. The van der Waals surface area contributed by atoms with Gasteiger partial charge in [-0.2, -0.15) is 11.8 Å². The number of hydrogen-bond donors (Lipinski definition) is 0. The molecule has 1 rings (SSSR count). The molecule has 0 N–H and O–H groups in total. The molecule has 1 aromatic rings. The molecule has 0 unspecified atom stereocenters. The molecular formula is C13H20OS2. The molecule has 0 amide bonds. The third-order valence-electron chi connectivity index (χ3n) is 2.33. The van der Waals surface area contributed by atoms with Gasteiger partial charge in [0.2, 0.25) is 0 Å². The summed E-state index contributed by atoms with van der Waals surface area (Å²) in [7, 11) is 0. The Morgan fingerprint density at radius 3 is 2.88 bits per heavy atom. The molecule has 0 aliphatic rings. The standard InChI is InChI=1S/C13H20OS2/c1-11(2)7-10-15-8-3-5-12(14)13-6-4-9-16-13/h4,6,9,11H,3,5,7-8,10H2,1-2H3. The van der Waals surface area contributed by atoms with E-state index in [2.05, 4.69) is 13.8 Å². The van der Waals surface area contributed by atoms with Crippen molar-refractivity contribution in [1.29, 1.82) is 0 Å². The highest BCUT2D eigenvalue weighted by atomic mass is 32.2. The fourth-order valence-corrected chi connectivity index (χ4v) is 3.20. The van der Waals surface area contributed by atoms with Gasteiger partial charge >= 0.3 is 0 Å². The predicted molar refractivity (Wildman–Crippen MR) is 74.7 cm³/mol. The molecule has 1 heterocycles. The molecule has 1 aromatic heterocycles. The lowest BCUT2D eigenvalue weighted by Gasteiger charge is -2.03. The molecule has 0 atom stereocenters. The average molecular weight is 256 g/mol. The molecule has 0 aliphatic carbocycles. The van der Waals surface area contributed by atoms with E-state index in [1.54, 1.807) is 11.3 Å². The summed E-state index contributed by atoms with van der Waals surface area (Å²) in [6.07, 6.45) is 3.00. The van der Waals surface area contributed by atoms with E-state index in [0.29, 0.717) is 12.2 Å². The summed E-state index contributed by atoms with van der Waals surface area (Å²) < 4.78 is 0. The highest BCUT2D eigenvalue weighted by Gasteiger charge is 2.05. The molecule has 1 nitrogen and oxygen atoms in total. The van der Waals surface area contributed by atoms with Gasteiger partial charge in [0.05, 0.1) is 4.88 Å². The van der Waals surface area contributed by atoms with Crippen LogP contribution in [0, 0.1) is 5.92 Å². The zero-order valence-electron chi connectivity index (χ0n) is 10.1. The molecule has 0 radical (unpaired) electrons. The van der Waals surface area contributed by atoms with Gasteiger partial charge < -0.3 is 0 Å². The molecule has 16 heavy (non-hydrogen) atoms. The summed E-state index contributed by atoms with van der Waals surface area (Å²) in [5.41, 5.74) is 0. The Bertz CT molecular complexity index is 291. The van der Waals surface area contributed by atoms with Crippen molar-refractivity contribution in [2.24, 2.45) is 5.92 Å². The zero-order chi connectivity index (χ0) is 11.8. The van der Waals surface area contributed by atoms with Crippen LogP contribution in [-0.4, -0.2) is 17.3 Å². The van der Waals surface area contributed by atoms with Crippen LogP contribution >= 0.6 is 23.1 Å². The summed E-state index contributed by atoms with van der Waals surface area (Å²) in [4.78, 5) is 12.6. The third kappa shape index (κ3) is 5.71. The highest BCUT2D eigenvalue weighted by Crippen LogP contribution is 2.15. The number of thiophene rings is 1. The third-order valence-corrected chi connectivity index (χ3v) is 4.34. The van der Waals surface area contributed by atoms with E-state index in [1.165, 1.54) is 12.2 Å². The van der Waals surface area contributed by atoms with Crippen molar-refractivity contribution in [2.75, 3.05) is 11.5 Å². The van der Waals surface area contributed by atoms with Gasteiger partial charge in [-0.1, -0.05) is 19.9 Å². The number of Topliss-reactive ketones (excluding diaryl/α,β-unsaturated/α-hetero) is 1. The maximum absolute atomic E-state index is 11.6. The van der Waals surface area contributed by atoms with Gasteiger partial charge in [0, 0.05) is 6.42 Å². The van der Waals surface area contributed by atoms with Crippen LogP contribution < -0.4 is 0 Å². The van der Waals surface area contributed by atoms with E-state index in [9.17, 15) is 4.79 Å². The van der Waals surface area contributed by atoms with Crippen LogP contribution in [-0.2, 0) is 0 Å². The first-order valence-electron chi connectivity index (χ1n) is 5.84. The predicted octanol–water partition coefficient (Wildman–Crippen LogP) is 4.49. The van der Waals surface area contributed by atoms with Gasteiger partial charge in [0.1, 0.15) is 0 Å². The van der Waals surface area contributed by atoms with Crippen molar-refractivity contribution < 1.29 is 4.79 Å². The Morgan fingerprint density at radius 1 is 1.44 bits per heavy atom. The number of rotatable bonds is 8. The first-order valence-corrected chi connectivity index (χ1v) is 7.88. The summed E-state index contributed by atoms with van der Waals surface area (Å²) in [5, 5.41) is 1.96. The van der Waals surface area contributed by atoms with Crippen LogP contribution in [0.15, 0.2) is 17.5 Å². The first-order chi connectivity index (χ1) is 7.70. The van der Waals surface area contributed by atoms with Crippen molar-refractivity contribution in [3.05, 3.63) is 22.4 Å².